The molecule has 0 spiro atoms. The summed E-state index contributed by atoms with van der Waals surface area (Å²) in [6, 6.07) is 28.8. The Bertz CT molecular complexity index is 4920. The van der Waals surface area contributed by atoms with Gasteiger partial charge in [-0.05, 0) is 88.2 Å². The summed E-state index contributed by atoms with van der Waals surface area (Å²) < 4.78 is 39.9. The van der Waals surface area contributed by atoms with Gasteiger partial charge in [-0.25, -0.2) is 24.0 Å². The number of benzene rings is 3. The van der Waals surface area contributed by atoms with E-state index in [-0.39, 0.29) is 83.4 Å². The Morgan fingerprint density at radius 3 is 1.05 bits per heavy atom. The van der Waals surface area contributed by atoms with Gasteiger partial charge in [-0.2, -0.15) is 0 Å². The molecule has 5 aliphatic heterocycles. The van der Waals surface area contributed by atoms with Crippen molar-refractivity contribution in [3.8, 4) is 5.75 Å². The molecule has 652 valence electrons. The minimum atomic E-state index is -0.824. The Hall–Kier alpha value is -3.01. The average Bonchev–Trinajstić information content (AvgIpc) is 1.01. The number of H-pyrrole nitrogens is 5. The Morgan fingerprint density at radius 1 is 0.500 bits per heavy atom. The van der Waals surface area contributed by atoms with Crippen LogP contribution in [0.25, 0.3) is 10.4 Å². The van der Waals surface area contributed by atoms with Crippen molar-refractivity contribution in [3.05, 3.63) is 275 Å². The molecule has 3 aromatic carbocycles. The number of methoxy groups -OCH3 is 1. The van der Waals surface area contributed by atoms with Crippen LogP contribution in [-0.4, -0.2) is 166 Å². The van der Waals surface area contributed by atoms with E-state index in [1.165, 1.54) is 53.8 Å². The first kappa shape index (κ1) is 106. The topological polar surface area (TPSA) is 526 Å². The van der Waals surface area contributed by atoms with Gasteiger partial charge in [-0.3, -0.25) is 71.7 Å². The molecule has 13 N–H and O–H groups in total. The molecule has 0 amide bonds. The van der Waals surface area contributed by atoms with Gasteiger partial charge >= 0.3 is 143 Å². The third-order valence-corrected chi connectivity index (χ3v) is 19.4. The summed E-state index contributed by atoms with van der Waals surface area (Å²) in [6.07, 6.45) is 1.09. The number of azide groups is 1. The fourth-order valence-electron chi connectivity index (χ4n) is 13.3. The first-order valence-electron chi connectivity index (χ1n) is 35.7. The van der Waals surface area contributed by atoms with Crippen LogP contribution in [0.5, 0.6) is 5.75 Å². The molecule has 36 nitrogen and oxygen atoms in total. The first-order chi connectivity index (χ1) is 55.7. The van der Waals surface area contributed by atoms with E-state index in [0.29, 0.717) is 66.8 Å². The molecule has 5 aliphatic rings. The van der Waals surface area contributed by atoms with Crippen molar-refractivity contribution in [2.24, 2.45) is 10.8 Å². The summed E-state index contributed by atoms with van der Waals surface area (Å²) in [5, 5.41) is 62.0. The van der Waals surface area contributed by atoms with Crippen LogP contribution in [0.4, 0.5) is 0 Å². The van der Waals surface area contributed by atoms with E-state index in [9.17, 15) is 73.5 Å². The number of ether oxygens (including phenoxy) is 6. The van der Waals surface area contributed by atoms with Crippen LogP contribution in [-0.2, 0) is 29.1 Å². The standard InChI is InChI=1S/C31H32N2O5.C11H16N2O4.C10H13N5O4.C10H15N3O4.C10H14N2O5.I4.I3.I2.HI/c1-21-20-33(30(36)32-29(21)35)28-19-26(34)27(38-28)17-18-31(22-9-5-3-6-10-22,23-11-7-4-8-12-23)24-13-15-25(37-2)16-14-24;1-3-8-7(14)4-9(17-8)13-5-6(2)10(15)12-11(13)16;1-5-4-15(10(18)13-9(5)17)8-2-6(16)7(19-8)3-12-14-11;1-5-4-13(10(16)12-9(5)15)8-2-6(14)7(3-11)17-8;1-5-3-12(10(16)11-9(5)15)8-2-6(14)7(4-13)17-8;1-4(2)3;1-3-2;1-2;/h3-16,20,26-28,34H,17-19H2,1-2H3,(H,32,35,36);5,7-9,14H,3-4H2,1-2H3,(H,12,15,16);4,6-8,16H,2-3H2,1H3,(H,13,17,18);4,6-8,14H,2-3,11H2,1H3,(H,12,15,16);3,6-8,13-14H,2,4H2,1H3,(H,11,15,16);;;;1H/q;;;;;;-1;;/t26-,27-,28-;7-,8-,9-;3*6-,7-,8-;;;;/m11111..../s1. The molecule has 15 atom stereocenters. The second-order valence-corrected chi connectivity index (χ2v) is 91.9. The van der Waals surface area contributed by atoms with Crippen LogP contribution in [0.15, 0.2) is 169 Å². The molecule has 0 saturated carbocycles. The number of rotatable bonds is 17. The summed E-state index contributed by atoms with van der Waals surface area (Å²) in [5.74, 6) is 0.780. The maximum absolute atomic E-state index is 12.5. The van der Waals surface area contributed by atoms with Gasteiger partial charge in [0.15, 0.2) is 0 Å². The second kappa shape index (κ2) is 52.2. The van der Waals surface area contributed by atoms with Crippen molar-refractivity contribution in [1.29, 1.82) is 0 Å². The Kier molecular flexibility index (Phi) is 46.7. The molecule has 118 heavy (non-hydrogen) atoms. The maximum atomic E-state index is 12.5. The van der Waals surface area contributed by atoms with Gasteiger partial charge in [-0.1, -0.05) is 84.8 Å². The third-order valence-electron chi connectivity index (χ3n) is 19.4. The van der Waals surface area contributed by atoms with Gasteiger partial charge in [0.1, 0.15) is 43.0 Å². The summed E-state index contributed by atoms with van der Waals surface area (Å²) in [6.45, 7) is 9.78. The molecule has 10 heterocycles. The number of nitrogens with one attached hydrogen (secondary N) is 5. The summed E-state index contributed by atoms with van der Waals surface area (Å²) >= 11 is 17.0. The number of halogens is 10. The van der Waals surface area contributed by atoms with Gasteiger partial charge in [0.2, 0.25) is 0 Å². The van der Waals surface area contributed by atoms with Crippen LogP contribution in [0.1, 0.15) is 134 Å². The molecule has 8 aromatic rings. The van der Waals surface area contributed by atoms with Crippen LogP contribution in [0.3, 0.4) is 0 Å². The van der Waals surface area contributed by atoms with Gasteiger partial charge in [-0.15, -0.1) is 24.0 Å². The van der Waals surface area contributed by atoms with E-state index in [2.05, 4.69) is 202 Å². The van der Waals surface area contributed by atoms with Crippen LogP contribution in [0.2, 0.25) is 0 Å². The first-order valence-corrected chi connectivity index (χ1v) is 73.5. The third kappa shape index (κ3) is 29.5. The number of aromatic nitrogens is 10. The molecular weight excluding hydrogens is 2680 g/mol. The van der Waals surface area contributed by atoms with Crippen LogP contribution in [0, 0.1) is 34.6 Å². The van der Waals surface area contributed by atoms with E-state index in [1.807, 2.05) is 55.5 Å². The van der Waals surface area contributed by atoms with Gasteiger partial charge in [0, 0.05) is 145 Å². The molecule has 5 aromatic heterocycles. The molecular formula is C72H91I10N14O22-. The van der Waals surface area contributed by atoms with E-state index in [4.69, 9.17) is 44.8 Å². The van der Waals surface area contributed by atoms with Crippen molar-refractivity contribution < 1.29 is 72.3 Å². The predicted octanol–water partition coefficient (Wildman–Crippen LogP) is 5.67. The zero-order chi connectivity index (χ0) is 86.7. The molecule has 0 unspecified atom stereocenters. The molecule has 0 bridgehead atoms. The number of aromatic amines is 5. The molecule has 0 aliphatic carbocycles. The van der Waals surface area contributed by atoms with E-state index in [1.54, 1.807) is 41.7 Å². The molecule has 5 saturated heterocycles. The molecule has 0 radical (unpaired) electrons. The zero-order valence-corrected chi connectivity index (χ0v) is 85.8. The van der Waals surface area contributed by atoms with Crippen molar-refractivity contribution in [2.75, 3.05) is 26.8 Å². The number of hydrogen-bond donors (Lipinski definition) is 12. The number of nitrogens with two attached hydrogens (primary N) is 1. The quantitative estimate of drug-likeness (QED) is 0.0172. The van der Waals surface area contributed by atoms with Crippen LogP contribution < -0.4 is 80.0 Å². The van der Waals surface area contributed by atoms with E-state index >= 15 is 0 Å². The van der Waals surface area contributed by atoms with Gasteiger partial charge in [0.05, 0.1) is 75.2 Å². The Labute approximate surface area is 780 Å². The fraction of sp³-hybridized carbons (Fsp3) is 0.472. The summed E-state index contributed by atoms with van der Waals surface area (Å²) in [7, 11) is 1.30. The fourth-order valence-corrected chi connectivity index (χ4v) is 13.3. The molecule has 13 rings (SSSR count). The predicted molar refractivity (Wildman–Crippen MR) is 516 cm³/mol. The molecule has 46 heteroatoms. The monoisotopic (exact) mass is 2770 g/mol. The van der Waals surface area contributed by atoms with Crippen molar-refractivity contribution in [2.45, 2.75) is 191 Å². The summed E-state index contributed by atoms with van der Waals surface area (Å²) in [4.78, 5) is 129. The van der Waals surface area contributed by atoms with E-state index < -0.39 is 148 Å². The number of aryl methyl sites for hydroxylation is 5. The zero-order valence-electron chi connectivity index (χ0n) is 64.1. The normalized spacial score (nSPS) is 23.4. The number of aliphatic hydroxyl groups is 6. The van der Waals surface area contributed by atoms with Crippen molar-refractivity contribution in [3.63, 3.8) is 0 Å². The Balaban J connectivity index is 0.000000267. The summed E-state index contributed by atoms with van der Waals surface area (Å²) in [5.41, 5.74) is 13.6. The SMILES string of the molecule is CC[C@H]1O[C@@H](n2cc(C)c(=O)[nH]c2=O)C[C@H]1O.COc1ccc(C(CC[C@H]2O[C@@H](n3cc(C)c(=O)[nH]c3=O)C[C@H]2O)(c2ccccc2)c2ccccc2)cc1.Cc1cn([C@H]2C[C@@H](O)[C@@H](CN)O2)c(=O)[nH]c1=O.Cc1cn([C@H]2C[C@@H](O)[C@@H](CN=[N+]=[N-])O2)c(=O)[nH]c1=O.Cc1cn([C@H]2C[C@@H](O)[C@@H](CO)O2)c(=O)[nH]c1=O.I.II.II(I)I.I[I-]I. The average molecular weight is 2770 g/mol. The second-order valence-electron chi connectivity index (χ2n) is 26.9. The number of nitrogens with zero attached hydrogens (tertiary/aromatic N) is 8. The Morgan fingerprint density at radius 2 is 0.771 bits per heavy atom. The van der Waals surface area contributed by atoms with Gasteiger partial charge < -0.3 is 64.8 Å². The number of aliphatic hydroxyl groups excluding tert-OH is 6. The van der Waals surface area contributed by atoms with Crippen molar-refractivity contribution >= 4 is 162 Å². The minimum absolute atomic E-state index is 0. The van der Waals surface area contributed by atoms with Crippen LogP contribution >= 0.6 is 162 Å². The van der Waals surface area contributed by atoms with E-state index in [0.717, 1.165) is 22.4 Å². The number of hydrogen-bond acceptors (Lipinski definition) is 24. The van der Waals surface area contributed by atoms with Crippen molar-refractivity contribution in [1.82, 2.24) is 47.8 Å². The molecule has 5 fully saturated rings. The van der Waals surface area contributed by atoms with Gasteiger partial charge in [0.25, 0.3) is 27.8 Å².